The molecule has 2 aromatic carbocycles. The minimum atomic E-state index is -0.909. The molecular formula is C31H45N3O4. The number of aryl methyl sites for hydroxylation is 2. The standard InChI is InChI=1S/C31H45N3O4/c1-20(2)25(33-29(37)38-31(8,9)10)28(36)34(30(5,6)7)26(24-17-16-21(3)18-22(24)4)27(35)32-19-23-14-12-11-13-15-23/h11-18,20,25-26H,19H2,1-10H3,(H,32,35)(H,33,37). The largest absolute Gasteiger partial charge is 0.444 e. The molecule has 3 amide bonds. The molecule has 0 aliphatic heterocycles. The van der Waals surface area contributed by atoms with E-state index in [1.165, 1.54) is 0 Å². The predicted molar refractivity (Wildman–Crippen MR) is 152 cm³/mol. The molecule has 38 heavy (non-hydrogen) atoms. The van der Waals surface area contributed by atoms with Crippen LogP contribution in [0.1, 0.15) is 83.7 Å². The first-order valence-corrected chi connectivity index (χ1v) is 13.2. The fourth-order valence-electron chi connectivity index (χ4n) is 4.35. The Hall–Kier alpha value is -3.35. The van der Waals surface area contributed by atoms with Gasteiger partial charge in [-0.1, -0.05) is 67.9 Å². The number of hydrogen-bond acceptors (Lipinski definition) is 4. The van der Waals surface area contributed by atoms with Crippen molar-refractivity contribution < 1.29 is 19.1 Å². The van der Waals surface area contributed by atoms with Gasteiger partial charge in [-0.05, 0) is 78.0 Å². The maximum absolute atomic E-state index is 14.3. The van der Waals surface area contributed by atoms with Gasteiger partial charge in [0.1, 0.15) is 17.7 Å². The third-order valence-corrected chi connectivity index (χ3v) is 6.10. The highest BCUT2D eigenvalue weighted by Gasteiger charge is 2.43. The zero-order valence-corrected chi connectivity index (χ0v) is 24.6. The molecule has 2 N–H and O–H groups in total. The lowest BCUT2D eigenvalue weighted by Crippen LogP contribution is -2.59. The molecule has 0 fully saturated rings. The van der Waals surface area contributed by atoms with Crippen molar-refractivity contribution in [3.05, 3.63) is 70.8 Å². The van der Waals surface area contributed by atoms with Crippen LogP contribution in [0, 0.1) is 19.8 Å². The lowest BCUT2D eigenvalue weighted by atomic mass is 9.91. The molecule has 208 valence electrons. The highest BCUT2D eigenvalue weighted by atomic mass is 16.6. The molecule has 0 aliphatic rings. The van der Waals surface area contributed by atoms with Gasteiger partial charge in [-0.25, -0.2) is 4.79 Å². The van der Waals surface area contributed by atoms with Gasteiger partial charge >= 0.3 is 6.09 Å². The van der Waals surface area contributed by atoms with Crippen LogP contribution >= 0.6 is 0 Å². The number of alkyl carbamates (subject to hydrolysis) is 1. The second kappa shape index (κ2) is 12.5. The summed E-state index contributed by atoms with van der Waals surface area (Å²) in [6.07, 6.45) is -0.671. The van der Waals surface area contributed by atoms with Crippen LogP contribution in [0.15, 0.2) is 48.5 Å². The van der Waals surface area contributed by atoms with Crippen molar-refractivity contribution in [1.29, 1.82) is 0 Å². The number of carbonyl (C=O) groups is 3. The SMILES string of the molecule is Cc1ccc(C(C(=O)NCc2ccccc2)N(C(=O)C(NC(=O)OC(C)(C)C)C(C)C)C(C)(C)C)c(C)c1. The number of rotatable bonds is 8. The van der Waals surface area contributed by atoms with E-state index >= 15 is 0 Å². The Morgan fingerprint density at radius 1 is 0.921 bits per heavy atom. The highest BCUT2D eigenvalue weighted by molar-refractivity contribution is 5.93. The fourth-order valence-corrected chi connectivity index (χ4v) is 4.35. The summed E-state index contributed by atoms with van der Waals surface area (Å²) in [5.74, 6) is -0.880. The first-order valence-electron chi connectivity index (χ1n) is 13.2. The normalized spacial score (nSPS) is 13.4. The van der Waals surface area contributed by atoms with E-state index in [-0.39, 0.29) is 17.7 Å². The molecule has 2 unspecified atom stereocenters. The zero-order chi connectivity index (χ0) is 28.8. The van der Waals surface area contributed by atoms with Crippen molar-refractivity contribution in [2.24, 2.45) is 5.92 Å². The molecule has 2 rings (SSSR count). The number of hydrogen-bond donors (Lipinski definition) is 2. The van der Waals surface area contributed by atoms with Gasteiger partial charge in [0.05, 0.1) is 0 Å². The van der Waals surface area contributed by atoms with Crippen molar-refractivity contribution in [1.82, 2.24) is 15.5 Å². The maximum Gasteiger partial charge on any atom is 0.408 e. The van der Waals surface area contributed by atoms with Gasteiger partial charge in [-0.2, -0.15) is 0 Å². The summed E-state index contributed by atoms with van der Waals surface area (Å²) < 4.78 is 5.45. The Morgan fingerprint density at radius 3 is 2.03 bits per heavy atom. The first-order chi connectivity index (χ1) is 17.5. The quantitative estimate of drug-likeness (QED) is 0.455. The molecule has 0 heterocycles. The van der Waals surface area contributed by atoms with Crippen molar-refractivity contribution in [2.45, 2.75) is 99.0 Å². The van der Waals surface area contributed by atoms with Crippen LogP contribution < -0.4 is 10.6 Å². The molecule has 0 aliphatic carbocycles. The summed E-state index contributed by atoms with van der Waals surface area (Å²) >= 11 is 0. The molecule has 7 heteroatoms. The van der Waals surface area contributed by atoms with Crippen LogP contribution in [0.3, 0.4) is 0 Å². The van der Waals surface area contributed by atoms with Gasteiger partial charge in [0, 0.05) is 12.1 Å². The average molecular weight is 524 g/mol. The van der Waals surface area contributed by atoms with Crippen LogP contribution in [-0.2, 0) is 20.9 Å². The Labute approximate surface area is 228 Å². The summed E-state index contributed by atoms with van der Waals surface area (Å²) in [6, 6.07) is 13.7. The van der Waals surface area contributed by atoms with Crippen molar-refractivity contribution >= 4 is 17.9 Å². The minimum Gasteiger partial charge on any atom is -0.444 e. The summed E-state index contributed by atoms with van der Waals surface area (Å²) in [6.45, 7) is 19.0. The lowest BCUT2D eigenvalue weighted by Gasteiger charge is -2.44. The monoisotopic (exact) mass is 523 g/mol. The molecule has 0 spiro atoms. The second-order valence-electron chi connectivity index (χ2n) is 12.2. The average Bonchev–Trinajstić information content (AvgIpc) is 2.78. The van der Waals surface area contributed by atoms with Gasteiger partial charge in [0.25, 0.3) is 0 Å². The van der Waals surface area contributed by atoms with E-state index in [4.69, 9.17) is 4.74 Å². The Kier molecular flexibility index (Phi) is 10.1. The van der Waals surface area contributed by atoms with Crippen LogP contribution in [0.5, 0.6) is 0 Å². The Balaban J connectivity index is 2.55. The number of ether oxygens (including phenoxy) is 1. The van der Waals surface area contributed by atoms with E-state index in [9.17, 15) is 14.4 Å². The number of nitrogens with one attached hydrogen (secondary N) is 2. The van der Waals surface area contributed by atoms with E-state index in [0.717, 1.165) is 22.3 Å². The van der Waals surface area contributed by atoms with Crippen molar-refractivity contribution in [2.75, 3.05) is 0 Å². The molecular weight excluding hydrogens is 478 g/mol. The van der Waals surface area contributed by atoms with Gasteiger partial charge in [-0.3, -0.25) is 9.59 Å². The highest BCUT2D eigenvalue weighted by Crippen LogP contribution is 2.33. The molecule has 0 saturated heterocycles. The minimum absolute atomic E-state index is 0.244. The van der Waals surface area contributed by atoms with E-state index in [0.29, 0.717) is 6.54 Å². The van der Waals surface area contributed by atoms with E-state index in [1.54, 1.807) is 25.7 Å². The summed E-state index contributed by atoms with van der Waals surface area (Å²) in [7, 11) is 0. The third kappa shape index (κ3) is 8.61. The number of nitrogens with zero attached hydrogens (tertiary/aromatic N) is 1. The molecule has 2 atom stereocenters. The van der Waals surface area contributed by atoms with E-state index in [1.807, 2.05) is 97.0 Å². The summed E-state index contributed by atoms with van der Waals surface area (Å²) in [5, 5.41) is 5.81. The summed E-state index contributed by atoms with van der Waals surface area (Å²) in [4.78, 5) is 42.5. The van der Waals surface area contributed by atoms with E-state index in [2.05, 4.69) is 10.6 Å². The maximum atomic E-state index is 14.3. The number of amides is 3. The number of carbonyl (C=O) groups excluding carboxylic acids is 3. The van der Waals surface area contributed by atoms with Crippen molar-refractivity contribution in [3.8, 4) is 0 Å². The Bertz CT molecular complexity index is 1110. The molecule has 0 aromatic heterocycles. The van der Waals surface area contributed by atoms with Crippen LogP contribution in [-0.4, -0.2) is 40.0 Å². The first kappa shape index (κ1) is 30.9. The molecule has 0 bridgehead atoms. The van der Waals surface area contributed by atoms with Gasteiger partial charge in [0.2, 0.25) is 11.8 Å². The number of benzene rings is 2. The van der Waals surface area contributed by atoms with Crippen molar-refractivity contribution in [3.63, 3.8) is 0 Å². The molecule has 0 saturated carbocycles. The fraction of sp³-hybridized carbons (Fsp3) is 0.516. The lowest BCUT2D eigenvalue weighted by molar-refractivity contribution is -0.149. The topological polar surface area (TPSA) is 87.7 Å². The summed E-state index contributed by atoms with van der Waals surface area (Å²) in [5.41, 5.74) is 2.22. The van der Waals surface area contributed by atoms with Crippen LogP contribution in [0.25, 0.3) is 0 Å². The van der Waals surface area contributed by atoms with Crippen LogP contribution in [0.2, 0.25) is 0 Å². The van der Waals surface area contributed by atoms with Gasteiger partial charge < -0.3 is 20.3 Å². The second-order valence-corrected chi connectivity index (χ2v) is 12.2. The van der Waals surface area contributed by atoms with Gasteiger partial charge in [0.15, 0.2) is 0 Å². The molecule has 7 nitrogen and oxygen atoms in total. The molecule has 2 aromatic rings. The van der Waals surface area contributed by atoms with E-state index < -0.39 is 29.3 Å². The van der Waals surface area contributed by atoms with Crippen LogP contribution in [0.4, 0.5) is 4.79 Å². The molecule has 0 radical (unpaired) electrons. The predicted octanol–water partition coefficient (Wildman–Crippen LogP) is 5.84. The third-order valence-electron chi connectivity index (χ3n) is 6.10. The zero-order valence-electron chi connectivity index (χ0n) is 24.6. The smallest absolute Gasteiger partial charge is 0.408 e. The Morgan fingerprint density at radius 2 is 1.53 bits per heavy atom. The van der Waals surface area contributed by atoms with Gasteiger partial charge in [-0.15, -0.1) is 0 Å².